The summed E-state index contributed by atoms with van der Waals surface area (Å²) in [5.41, 5.74) is -0.834. The van der Waals surface area contributed by atoms with E-state index in [2.05, 4.69) is 6.92 Å². The summed E-state index contributed by atoms with van der Waals surface area (Å²) in [4.78, 5) is 23.5. The summed E-state index contributed by atoms with van der Waals surface area (Å²) in [5.74, 6) is 0.362. The molecule has 0 N–H and O–H groups in total. The van der Waals surface area contributed by atoms with Gasteiger partial charge in [0.2, 0.25) is 0 Å². The molecule has 17 heavy (non-hydrogen) atoms. The molecule has 0 amide bonds. The molecule has 1 rings (SSSR count). The van der Waals surface area contributed by atoms with Crippen LogP contribution >= 0.6 is 0 Å². The van der Waals surface area contributed by atoms with Gasteiger partial charge in [0.05, 0.1) is 0 Å². The van der Waals surface area contributed by atoms with Gasteiger partial charge < -0.3 is 4.74 Å². The Morgan fingerprint density at radius 3 is 1.88 bits per heavy atom. The summed E-state index contributed by atoms with van der Waals surface area (Å²) in [6, 6.07) is 0. The maximum Gasteiger partial charge on any atom is 0.161 e. The number of hydrogen-bond donors (Lipinski definition) is 0. The van der Waals surface area contributed by atoms with Gasteiger partial charge in [-0.05, 0) is 46.0 Å². The molecule has 3 heteroatoms. The van der Waals surface area contributed by atoms with Crippen LogP contribution in [0, 0.1) is 5.41 Å². The van der Waals surface area contributed by atoms with Gasteiger partial charge in [0.25, 0.3) is 0 Å². The van der Waals surface area contributed by atoms with Crippen LogP contribution in [-0.4, -0.2) is 24.3 Å². The predicted molar refractivity (Wildman–Crippen MR) is 66.9 cm³/mol. The molecule has 98 valence electrons. The highest BCUT2D eigenvalue weighted by Gasteiger charge is 2.47. The highest BCUT2D eigenvalue weighted by molar-refractivity contribution is 5.87. The Hall–Kier alpha value is -0.700. The van der Waals surface area contributed by atoms with Crippen molar-refractivity contribution in [3.05, 3.63) is 0 Å². The van der Waals surface area contributed by atoms with Gasteiger partial charge in [0, 0.05) is 12.5 Å². The van der Waals surface area contributed by atoms with Gasteiger partial charge in [-0.15, -0.1) is 0 Å². The normalized spacial score (nSPS) is 33.4. The molecule has 0 unspecified atom stereocenters. The van der Waals surface area contributed by atoms with Crippen LogP contribution in [0.5, 0.6) is 0 Å². The van der Waals surface area contributed by atoms with Crippen molar-refractivity contribution in [3.63, 3.8) is 0 Å². The molecule has 1 aliphatic rings. The second-order valence-electron chi connectivity index (χ2n) is 5.34. The Labute approximate surface area is 104 Å². The van der Waals surface area contributed by atoms with Crippen molar-refractivity contribution >= 4 is 11.6 Å². The average Bonchev–Trinajstić information content (AvgIpc) is 2.30. The smallest absolute Gasteiger partial charge is 0.161 e. The molecule has 1 fully saturated rings. The van der Waals surface area contributed by atoms with E-state index in [0.29, 0.717) is 12.8 Å². The largest absolute Gasteiger partial charge is 0.370 e. The molecular weight excluding hydrogens is 216 g/mol. The Morgan fingerprint density at radius 1 is 1.06 bits per heavy atom. The number of carbonyl (C=O) groups is 2. The zero-order valence-corrected chi connectivity index (χ0v) is 11.5. The summed E-state index contributed by atoms with van der Waals surface area (Å²) in [5, 5.41) is 0. The lowest BCUT2D eigenvalue weighted by molar-refractivity contribution is -0.151. The van der Waals surface area contributed by atoms with Crippen LogP contribution < -0.4 is 0 Å². The fourth-order valence-corrected chi connectivity index (χ4v) is 3.09. The molecule has 0 radical (unpaired) electrons. The minimum Gasteiger partial charge on any atom is -0.370 e. The molecule has 0 aliphatic heterocycles. The lowest BCUT2D eigenvalue weighted by Crippen LogP contribution is -2.47. The van der Waals surface area contributed by atoms with Gasteiger partial charge in [-0.2, -0.15) is 0 Å². The second kappa shape index (κ2) is 5.30. The lowest BCUT2D eigenvalue weighted by atomic mass is 9.64. The fourth-order valence-electron chi connectivity index (χ4n) is 3.09. The third-order valence-corrected chi connectivity index (χ3v) is 4.52. The zero-order chi connectivity index (χ0) is 13.1. The molecule has 0 aromatic heterocycles. The first-order valence-corrected chi connectivity index (χ1v) is 6.50. The van der Waals surface area contributed by atoms with Crippen molar-refractivity contribution < 1.29 is 14.3 Å². The molecule has 0 aromatic carbocycles. The molecule has 0 aromatic rings. The Kier molecular flexibility index (Phi) is 4.48. The summed E-state index contributed by atoms with van der Waals surface area (Å²) < 4.78 is 5.43. The molecule has 0 atom stereocenters. The average molecular weight is 240 g/mol. The van der Waals surface area contributed by atoms with E-state index in [-0.39, 0.29) is 17.0 Å². The van der Waals surface area contributed by atoms with Crippen molar-refractivity contribution in [2.75, 3.05) is 7.11 Å². The minimum absolute atomic E-state index is 0.0913. The first-order valence-electron chi connectivity index (χ1n) is 6.50. The van der Waals surface area contributed by atoms with E-state index in [9.17, 15) is 9.59 Å². The second-order valence-corrected chi connectivity index (χ2v) is 5.34. The van der Waals surface area contributed by atoms with Crippen LogP contribution in [0.1, 0.15) is 59.3 Å². The number of methoxy groups -OCH3 is 1. The SMILES string of the molecule is CCCC1(C(C)=O)CCC(OC)(C(C)=O)CC1. The number of rotatable bonds is 5. The number of ketones is 2. The predicted octanol–water partition coefficient (Wildman–Crippen LogP) is 2.91. The summed E-state index contributed by atoms with van der Waals surface area (Å²) in [7, 11) is 1.60. The zero-order valence-electron chi connectivity index (χ0n) is 11.5. The third-order valence-electron chi connectivity index (χ3n) is 4.52. The number of Topliss-reactive ketones (excluding diaryl/α,β-unsaturated/α-hetero) is 2. The lowest BCUT2D eigenvalue weighted by Gasteiger charge is -2.43. The number of hydrogen-bond acceptors (Lipinski definition) is 3. The van der Waals surface area contributed by atoms with Gasteiger partial charge in [-0.25, -0.2) is 0 Å². The standard InChI is InChI=1S/C14H24O3/c1-5-6-13(11(2)15)7-9-14(17-4,10-8-13)12(3)16/h5-10H2,1-4H3. The van der Waals surface area contributed by atoms with Gasteiger partial charge in [-0.1, -0.05) is 13.3 Å². The van der Waals surface area contributed by atoms with Gasteiger partial charge in [0.15, 0.2) is 5.78 Å². The molecule has 0 heterocycles. The molecule has 0 saturated heterocycles. The topological polar surface area (TPSA) is 43.4 Å². The van der Waals surface area contributed by atoms with E-state index in [0.717, 1.165) is 25.7 Å². The van der Waals surface area contributed by atoms with Crippen LogP contribution in [-0.2, 0) is 14.3 Å². The van der Waals surface area contributed by atoms with E-state index in [1.165, 1.54) is 0 Å². The highest BCUT2D eigenvalue weighted by Crippen LogP contribution is 2.46. The van der Waals surface area contributed by atoms with Crippen LogP contribution in [0.3, 0.4) is 0 Å². The van der Waals surface area contributed by atoms with Gasteiger partial charge in [-0.3, -0.25) is 9.59 Å². The molecular formula is C14H24O3. The first kappa shape index (κ1) is 14.4. The maximum absolute atomic E-state index is 11.9. The molecule has 1 saturated carbocycles. The van der Waals surface area contributed by atoms with Crippen LogP contribution in [0.4, 0.5) is 0 Å². The van der Waals surface area contributed by atoms with Crippen molar-refractivity contribution in [2.24, 2.45) is 5.41 Å². The quantitative estimate of drug-likeness (QED) is 0.742. The molecule has 1 aliphatic carbocycles. The molecule has 0 spiro atoms. The van der Waals surface area contributed by atoms with E-state index >= 15 is 0 Å². The summed E-state index contributed by atoms with van der Waals surface area (Å²) in [6.45, 7) is 5.38. The number of carbonyl (C=O) groups excluding carboxylic acids is 2. The van der Waals surface area contributed by atoms with Gasteiger partial charge >= 0.3 is 0 Å². The summed E-state index contributed by atoms with van der Waals surface area (Å²) in [6.07, 6.45) is 4.86. The van der Waals surface area contributed by atoms with E-state index in [1.54, 1.807) is 21.0 Å². The van der Waals surface area contributed by atoms with Crippen LogP contribution in [0.25, 0.3) is 0 Å². The van der Waals surface area contributed by atoms with E-state index < -0.39 is 5.60 Å². The Bertz CT molecular complexity index is 299. The van der Waals surface area contributed by atoms with Crippen molar-refractivity contribution in [1.82, 2.24) is 0 Å². The van der Waals surface area contributed by atoms with Crippen LogP contribution in [0.15, 0.2) is 0 Å². The number of ether oxygens (including phenoxy) is 1. The summed E-state index contributed by atoms with van der Waals surface area (Å²) >= 11 is 0. The van der Waals surface area contributed by atoms with E-state index in [1.807, 2.05) is 0 Å². The maximum atomic E-state index is 11.9. The van der Waals surface area contributed by atoms with Crippen LogP contribution in [0.2, 0.25) is 0 Å². The van der Waals surface area contributed by atoms with Crippen molar-refractivity contribution in [3.8, 4) is 0 Å². The van der Waals surface area contributed by atoms with Crippen molar-refractivity contribution in [2.45, 2.75) is 64.9 Å². The highest BCUT2D eigenvalue weighted by atomic mass is 16.5. The Morgan fingerprint density at radius 2 is 1.59 bits per heavy atom. The van der Waals surface area contributed by atoms with E-state index in [4.69, 9.17) is 4.74 Å². The fraction of sp³-hybridized carbons (Fsp3) is 0.857. The Balaban J connectivity index is 2.83. The molecule has 0 bridgehead atoms. The first-order chi connectivity index (χ1) is 7.92. The monoisotopic (exact) mass is 240 g/mol. The van der Waals surface area contributed by atoms with Crippen molar-refractivity contribution in [1.29, 1.82) is 0 Å². The minimum atomic E-state index is -0.632. The third kappa shape index (κ3) is 2.59. The molecule has 3 nitrogen and oxygen atoms in total. The van der Waals surface area contributed by atoms with Gasteiger partial charge in [0.1, 0.15) is 11.4 Å².